The summed E-state index contributed by atoms with van der Waals surface area (Å²) in [5.41, 5.74) is 2.98. The molecule has 1 aromatic rings. The molecule has 1 saturated heterocycles. The molecular weight excluding hydrogens is 206 g/mol. The first-order valence-electron chi connectivity index (χ1n) is 7.13. The summed E-state index contributed by atoms with van der Waals surface area (Å²) >= 11 is 0. The summed E-state index contributed by atoms with van der Waals surface area (Å²) in [6.07, 6.45) is 8.36. The number of aryl methyl sites for hydroxylation is 1. The average Bonchev–Trinajstić information content (AvgIpc) is 2.79. The van der Waals surface area contributed by atoms with E-state index in [1.54, 1.807) is 0 Å². The number of nitrogens with one attached hydrogen (secondary N) is 1. The van der Waals surface area contributed by atoms with Crippen molar-refractivity contribution in [3.05, 3.63) is 35.4 Å². The topological polar surface area (TPSA) is 12.0 Å². The lowest BCUT2D eigenvalue weighted by Crippen LogP contribution is -2.46. The molecule has 0 amide bonds. The Morgan fingerprint density at radius 3 is 2.88 bits per heavy atom. The van der Waals surface area contributed by atoms with Crippen LogP contribution in [0.4, 0.5) is 0 Å². The third-order valence-electron chi connectivity index (χ3n) is 4.72. The van der Waals surface area contributed by atoms with E-state index in [0.717, 1.165) is 18.0 Å². The van der Waals surface area contributed by atoms with E-state index in [9.17, 15) is 0 Å². The van der Waals surface area contributed by atoms with Crippen LogP contribution in [0.15, 0.2) is 24.3 Å². The quantitative estimate of drug-likeness (QED) is 0.819. The summed E-state index contributed by atoms with van der Waals surface area (Å²) in [4.78, 5) is 0. The van der Waals surface area contributed by atoms with Crippen LogP contribution in [0.1, 0.15) is 43.2 Å². The molecule has 0 aromatic heterocycles. The molecule has 2 fully saturated rings. The van der Waals surface area contributed by atoms with Gasteiger partial charge in [-0.1, -0.05) is 30.7 Å². The second-order valence-electron chi connectivity index (χ2n) is 5.87. The van der Waals surface area contributed by atoms with Gasteiger partial charge in [0.25, 0.3) is 0 Å². The monoisotopic (exact) mass is 229 g/mol. The van der Waals surface area contributed by atoms with E-state index in [-0.39, 0.29) is 0 Å². The Kier molecular flexibility index (Phi) is 3.19. The third-order valence-corrected chi connectivity index (χ3v) is 4.72. The zero-order valence-electron chi connectivity index (χ0n) is 10.8. The number of piperidine rings is 1. The van der Waals surface area contributed by atoms with Crippen molar-refractivity contribution >= 4 is 0 Å². The zero-order valence-corrected chi connectivity index (χ0v) is 10.8. The van der Waals surface area contributed by atoms with Crippen LogP contribution in [-0.2, 0) is 6.42 Å². The van der Waals surface area contributed by atoms with Gasteiger partial charge in [-0.3, -0.25) is 0 Å². The summed E-state index contributed by atoms with van der Waals surface area (Å²) in [5, 5.41) is 3.89. The molecule has 2 aliphatic rings. The second-order valence-corrected chi connectivity index (χ2v) is 5.87. The highest BCUT2D eigenvalue weighted by Crippen LogP contribution is 2.34. The van der Waals surface area contributed by atoms with E-state index in [1.807, 2.05) is 0 Å². The van der Waals surface area contributed by atoms with Crippen LogP contribution in [0.5, 0.6) is 0 Å². The van der Waals surface area contributed by atoms with Crippen molar-refractivity contribution in [3.63, 3.8) is 0 Å². The fraction of sp³-hybridized carbons (Fsp3) is 0.625. The molecule has 1 heterocycles. The van der Waals surface area contributed by atoms with Gasteiger partial charge in [-0.2, -0.15) is 0 Å². The number of hydrogen-bond acceptors (Lipinski definition) is 1. The molecule has 3 rings (SSSR count). The molecule has 3 unspecified atom stereocenters. The van der Waals surface area contributed by atoms with Gasteiger partial charge >= 0.3 is 0 Å². The van der Waals surface area contributed by atoms with E-state index in [0.29, 0.717) is 0 Å². The number of rotatable bonds is 2. The molecule has 92 valence electrons. The maximum atomic E-state index is 3.89. The standard InChI is InChI=1S/C16H23N/c1-12-5-2-3-6-14(12)11-15-10-9-13-7-4-8-16(13)17-15/h2-3,5-6,13,15-17H,4,7-11H2,1H3. The Hall–Kier alpha value is -0.820. The smallest absolute Gasteiger partial charge is 0.0110 e. The van der Waals surface area contributed by atoms with Crippen LogP contribution < -0.4 is 5.32 Å². The van der Waals surface area contributed by atoms with Crippen molar-refractivity contribution < 1.29 is 0 Å². The maximum Gasteiger partial charge on any atom is 0.0110 e. The lowest BCUT2D eigenvalue weighted by Gasteiger charge is -2.34. The van der Waals surface area contributed by atoms with E-state index in [1.165, 1.54) is 49.7 Å². The summed E-state index contributed by atoms with van der Waals surface area (Å²) in [5.74, 6) is 0.989. The van der Waals surface area contributed by atoms with Gasteiger partial charge in [-0.05, 0) is 56.1 Å². The average molecular weight is 229 g/mol. The van der Waals surface area contributed by atoms with Crippen molar-refractivity contribution in [3.8, 4) is 0 Å². The number of benzene rings is 1. The van der Waals surface area contributed by atoms with Gasteiger partial charge < -0.3 is 5.32 Å². The van der Waals surface area contributed by atoms with Gasteiger partial charge in [-0.25, -0.2) is 0 Å². The first kappa shape index (κ1) is 11.3. The van der Waals surface area contributed by atoms with Crippen LogP contribution in [0, 0.1) is 12.8 Å². The van der Waals surface area contributed by atoms with Gasteiger partial charge in [0.15, 0.2) is 0 Å². The normalized spacial score (nSPS) is 32.4. The molecule has 17 heavy (non-hydrogen) atoms. The Morgan fingerprint density at radius 2 is 2.00 bits per heavy atom. The van der Waals surface area contributed by atoms with Crippen molar-refractivity contribution in [2.24, 2.45) is 5.92 Å². The minimum atomic E-state index is 0.718. The van der Waals surface area contributed by atoms with Crippen LogP contribution in [0.25, 0.3) is 0 Å². The molecule has 3 atom stereocenters. The van der Waals surface area contributed by atoms with Gasteiger partial charge in [0, 0.05) is 12.1 Å². The first-order chi connectivity index (χ1) is 8.33. The summed E-state index contributed by atoms with van der Waals surface area (Å²) in [7, 11) is 0. The minimum Gasteiger partial charge on any atom is -0.311 e. The van der Waals surface area contributed by atoms with Crippen LogP contribution >= 0.6 is 0 Å². The van der Waals surface area contributed by atoms with E-state index < -0.39 is 0 Å². The molecule has 0 spiro atoms. The van der Waals surface area contributed by atoms with Crippen molar-refractivity contribution in [2.45, 2.75) is 57.5 Å². The molecule has 1 heteroatoms. The van der Waals surface area contributed by atoms with Crippen LogP contribution in [-0.4, -0.2) is 12.1 Å². The predicted molar refractivity (Wildman–Crippen MR) is 72.2 cm³/mol. The number of fused-ring (bicyclic) bond motifs is 1. The lowest BCUT2D eigenvalue weighted by molar-refractivity contribution is 0.257. The number of hydrogen-bond donors (Lipinski definition) is 1. The molecule has 1 aliphatic carbocycles. The first-order valence-corrected chi connectivity index (χ1v) is 7.13. The Labute approximate surface area is 105 Å². The fourth-order valence-corrected chi connectivity index (χ4v) is 3.67. The van der Waals surface area contributed by atoms with Gasteiger partial charge in [-0.15, -0.1) is 0 Å². The molecule has 1 aliphatic heterocycles. The minimum absolute atomic E-state index is 0.718. The van der Waals surface area contributed by atoms with E-state index >= 15 is 0 Å². The largest absolute Gasteiger partial charge is 0.311 e. The molecule has 0 bridgehead atoms. The third kappa shape index (κ3) is 2.40. The van der Waals surface area contributed by atoms with E-state index in [4.69, 9.17) is 0 Å². The van der Waals surface area contributed by atoms with Crippen molar-refractivity contribution in [1.82, 2.24) is 5.32 Å². The van der Waals surface area contributed by atoms with Crippen molar-refractivity contribution in [2.75, 3.05) is 0 Å². The fourth-order valence-electron chi connectivity index (χ4n) is 3.67. The Balaban J connectivity index is 1.64. The molecule has 1 saturated carbocycles. The Morgan fingerprint density at radius 1 is 1.12 bits per heavy atom. The molecule has 1 nitrogen and oxygen atoms in total. The molecule has 1 N–H and O–H groups in total. The summed E-state index contributed by atoms with van der Waals surface area (Å²) in [6.45, 7) is 2.23. The maximum absolute atomic E-state index is 3.89. The highest BCUT2D eigenvalue weighted by atomic mass is 15.0. The van der Waals surface area contributed by atoms with Crippen LogP contribution in [0.3, 0.4) is 0 Å². The van der Waals surface area contributed by atoms with E-state index in [2.05, 4.69) is 36.5 Å². The molecule has 1 aromatic carbocycles. The van der Waals surface area contributed by atoms with Gasteiger partial charge in [0.2, 0.25) is 0 Å². The SMILES string of the molecule is Cc1ccccc1CC1CCC2CCCC2N1. The highest BCUT2D eigenvalue weighted by Gasteiger charge is 2.33. The van der Waals surface area contributed by atoms with Crippen molar-refractivity contribution in [1.29, 1.82) is 0 Å². The summed E-state index contributed by atoms with van der Waals surface area (Å²) in [6, 6.07) is 10.4. The second kappa shape index (κ2) is 4.81. The zero-order chi connectivity index (χ0) is 11.7. The predicted octanol–water partition coefficient (Wildman–Crippen LogP) is 3.46. The van der Waals surface area contributed by atoms with Crippen LogP contribution in [0.2, 0.25) is 0 Å². The highest BCUT2D eigenvalue weighted by molar-refractivity contribution is 5.26. The van der Waals surface area contributed by atoms with Gasteiger partial charge in [0.1, 0.15) is 0 Å². The lowest BCUT2D eigenvalue weighted by atomic mass is 9.87. The molecular formula is C16H23N. The Bertz CT molecular complexity index is 385. The summed E-state index contributed by atoms with van der Waals surface area (Å²) < 4.78 is 0. The van der Waals surface area contributed by atoms with Gasteiger partial charge in [0.05, 0.1) is 0 Å². The molecule has 0 radical (unpaired) electrons.